The number of hydrogen-bond acceptors (Lipinski definition) is 2. The van der Waals surface area contributed by atoms with Crippen LogP contribution in [0.4, 0.5) is 0 Å². The zero-order valence-corrected chi connectivity index (χ0v) is 20.2. The Morgan fingerprint density at radius 1 is 0.594 bits per heavy atom. The molecule has 2 nitrogen and oxygen atoms in total. The first kappa shape index (κ1) is 23.9. The molecule has 0 saturated carbocycles. The van der Waals surface area contributed by atoms with Gasteiger partial charge in [0.2, 0.25) is 0 Å². The fourth-order valence-corrected chi connectivity index (χ4v) is 3.95. The van der Waals surface area contributed by atoms with E-state index in [0.717, 1.165) is 58.7 Å². The van der Waals surface area contributed by atoms with Crippen molar-refractivity contribution < 1.29 is 9.47 Å². The van der Waals surface area contributed by atoms with Gasteiger partial charge in [0, 0.05) is 21.5 Å². The van der Waals surface area contributed by atoms with Gasteiger partial charge in [-0.2, -0.15) is 0 Å². The Morgan fingerprint density at radius 3 is 1.44 bits per heavy atom. The van der Waals surface area contributed by atoms with E-state index in [2.05, 4.69) is 76.2 Å². The van der Waals surface area contributed by atoms with Crippen LogP contribution in [0.25, 0.3) is 21.5 Å². The minimum absolute atomic E-state index is 0.912. The summed E-state index contributed by atoms with van der Waals surface area (Å²) in [6.45, 7) is 8.80. The minimum atomic E-state index is 0.912. The molecule has 3 aromatic rings. The highest BCUT2D eigenvalue weighted by atomic mass is 16.5. The lowest BCUT2D eigenvalue weighted by atomic mass is 9.96. The smallest absolute Gasteiger partial charge is 0.142 e. The number of benzene rings is 3. The van der Waals surface area contributed by atoms with Crippen LogP contribution >= 0.6 is 0 Å². The predicted octanol–water partition coefficient (Wildman–Crippen LogP) is 9.28. The maximum atomic E-state index is 6.34. The van der Waals surface area contributed by atoms with Crippen molar-refractivity contribution in [2.24, 2.45) is 0 Å². The van der Waals surface area contributed by atoms with Crippen molar-refractivity contribution in [3.05, 3.63) is 72.2 Å². The second kappa shape index (κ2) is 12.3. The molecule has 170 valence electrons. The van der Waals surface area contributed by atoms with Gasteiger partial charge in [-0.1, -0.05) is 64.8 Å². The number of aryl methyl sites for hydroxylation is 2. The van der Waals surface area contributed by atoms with Gasteiger partial charge in [-0.05, 0) is 73.9 Å². The number of allylic oxidation sites excluding steroid dienone is 2. The molecule has 32 heavy (non-hydrogen) atoms. The molecule has 0 atom stereocenters. The molecule has 0 amide bonds. The lowest BCUT2D eigenvalue weighted by Crippen LogP contribution is -1.95. The molecule has 0 aliphatic carbocycles. The van der Waals surface area contributed by atoms with Crippen molar-refractivity contribution >= 4 is 21.5 Å². The highest BCUT2D eigenvalue weighted by Gasteiger charge is 2.16. The highest BCUT2D eigenvalue weighted by molar-refractivity contribution is 6.11. The van der Waals surface area contributed by atoms with Gasteiger partial charge in [0.05, 0.1) is 12.5 Å². The van der Waals surface area contributed by atoms with Gasteiger partial charge in [0.25, 0.3) is 0 Å². The Morgan fingerprint density at radius 2 is 1.03 bits per heavy atom. The van der Waals surface area contributed by atoms with Crippen molar-refractivity contribution in [3.8, 4) is 11.5 Å². The van der Waals surface area contributed by atoms with Gasteiger partial charge in [-0.15, -0.1) is 0 Å². The van der Waals surface area contributed by atoms with Gasteiger partial charge in [-0.3, -0.25) is 0 Å². The number of hydrogen-bond donors (Lipinski definition) is 0. The fourth-order valence-electron chi connectivity index (χ4n) is 3.95. The lowest BCUT2D eigenvalue weighted by molar-refractivity contribution is 0.481. The van der Waals surface area contributed by atoms with Crippen LogP contribution in [-0.2, 0) is 12.8 Å². The summed E-state index contributed by atoms with van der Waals surface area (Å²) in [4.78, 5) is 0. The number of rotatable bonds is 12. The van der Waals surface area contributed by atoms with E-state index in [9.17, 15) is 0 Å². The number of ether oxygens (including phenoxy) is 2. The molecular weight excluding hydrogens is 392 g/mol. The van der Waals surface area contributed by atoms with E-state index in [4.69, 9.17) is 9.47 Å². The molecule has 0 spiro atoms. The molecule has 0 aromatic heterocycles. The minimum Gasteiger partial charge on any atom is -0.464 e. The summed E-state index contributed by atoms with van der Waals surface area (Å²) >= 11 is 0. The van der Waals surface area contributed by atoms with E-state index in [1.54, 1.807) is 0 Å². The molecule has 3 aromatic carbocycles. The van der Waals surface area contributed by atoms with Crippen LogP contribution < -0.4 is 9.47 Å². The third-order valence-electron chi connectivity index (χ3n) is 5.98. The van der Waals surface area contributed by atoms with E-state index in [1.807, 2.05) is 12.5 Å². The van der Waals surface area contributed by atoms with E-state index in [-0.39, 0.29) is 0 Å². The molecule has 0 bridgehead atoms. The van der Waals surface area contributed by atoms with Crippen molar-refractivity contribution in [3.63, 3.8) is 0 Å². The van der Waals surface area contributed by atoms with Crippen molar-refractivity contribution in [1.29, 1.82) is 0 Å². The second-order valence-electron chi connectivity index (χ2n) is 8.39. The first-order chi connectivity index (χ1) is 15.7. The number of unbranched alkanes of at least 4 members (excludes halogenated alkanes) is 4. The summed E-state index contributed by atoms with van der Waals surface area (Å²) in [6.07, 6.45) is 16.8. The maximum Gasteiger partial charge on any atom is 0.142 e. The predicted molar refractivity (Wildman–Crippen MR) is 139 cm³/mol. The van der Waals surface area contributed by atoms with Crippen molar-refractivity contribution in [1.82, 2.24) is 0 Å². The molecule has 0 saturated heterocycles. The third kappa shape index (κ3) is 5.73. The molecule has 0 N–H and O–H groups in total. The monoisotopic (exact) mass is 430 g/mol. The lowest BCUT2D eigenvalue weighted by Gasteiger charge is -2.17. The average molecular weight is 431 g/mol. The summed E-state index contributed by atoms with van der Waals surface area (Å²) in [7, 11) is 0. The van der Waals surface area contributed by atoms with Crippen molar-refractivity contribution in [2.45, 2.75) is 79.1 Å². The maximum absolute atomic E-state index is 6.34. The van der Waals surface area contributed by atoms with Crippen LogP contribution in [0.3, 0.4) is 0 Å². The zero-order chi connectivity index (χ0) is 22.8. The van der Waals surface area contributed by atoms with Gasteiger partial charge < -0.3 is 9.47 Å². The Kier molecular flexibility index (Phi) is 9.22. The Balaban J connectivity index is 2.17. The van der Waals surface area contributed by atoms with Gasteiger partial charge in [0.15, 0.2) is 0 Å². The van der Waals surface area contributed by atoms with Gasteiger partial charge in [-0.25, -0.2) is 0 Å². The molecule has 0 fully saturated rings. The average Bonchev–Trinajstić information content (AvgIpc) is 2.83. The molecule has 3 rings (SSSR count). The molecule has 0 aliphatic heterocycles. The standard InChI is InChI=1S/C30H38O2/c1-5-9-11-13-19-31-29-25-17-15-23(7-3)21-27(25)30(32-20-14-12-10-6-2)28-22-24(8-4)16-18-26(28)29/h13-22H,5-12H2,1-4H3/b19-13+,20-14+. The summed E-state index contributed by atoms with van der Waals surface area (Å²) in [6, 6.07) is 13.3. The van der Waals surface area contributed by atoms with E-state index in [0.29, 0.717) is 0 Å². The molecular formula is C30H38O2. The van der Waals surface area contributed by atoms with Crippen LogP contribution in [0.15, 0.2) is 61.1 Å². The molecule has 0 radical (unpaired) electrons. The van der Waals surface area contributed by atoms with Crippen LogP contribution in [0, 0.1) is 0 Å². The zero-order valence-electron chi connectivity index (χ0n) is 20.2. The second-order valence-corrected chi connectivity index (χ2v) is 8.39. The number of fused-ring (bicyclic) bond motifs is 2. The van der Waals surface area contributed by atoms with Crippen LogP contribution in [-0.4, -0.2) is 0 Å². The highest BCUT2D eigenvalue weighted by Crippen LogP contribution is 2.44. The van der Waals surface area contributed by atoms with E-state index in [1.165, 1.54) is 36.8 Å². The fraction of sp³-hybridized carbons (Fsp3) is 0.400. The largest absolute Gasteiger partial charge is 0.464 e. The summed E-state index contributed by atoms with van der Waals surface area (Å²) in [5.41, 5.74) is 2.60. The quantitative estimate of drug-likeness (QED) is 0.162. The van der Waals surface area contributed by atoms with Crippen LogP contribution in [0.1, 0.15) is 77.3 Å². The molecule has 2 heteroatoms. The van der Waals surface area contributed by atoms with Crippen LogP contribution in [0.5, 0.6) is 11.5 Å². The van der Waals surface area contributed by atoms with Crippen molar-refractivity contribution in [2.75, 3.05) is 0 Å². The topological polar surface area (TPSA) is 18.5 Å². The molecule has 0 heterocycles. The summed E-state index contributed by atoms with van der Waals surface area (Å²) in [5, 5.41) is 4.41. The summed E-state index contributed by atoms with van der Waals surface area (Å²) in [5.74, 6) is 1.84. The van der Waals surface area contributed by atoms with Gasteiger partial charge in [0.1, 0.15) is 11.5 Å². The van der Waals surface area contributed by atoms with E-state index >= 15 is 0 Å². The Labute approximate surface area is 193 Å². The summed E-state index contributed by atoms with van der Waals surface area (Å²) < 4.78 is 12.6. The Hall–Kier alpha value is -2.74. The molecule has 0 aliphatic rings. The first-order valence-electron chi connectivity index (χ1n) is 12.4. The first-order valence-corrected chi connectivity index (χ1v) is 12.4. The third-order valence-corrected chi connectivity index (χ3v) is 5.98. The SMILES string of the molecule is CCCC/C=C/Oc1c2ccc(CC)cc2c(O/C=C/CCCC)c2cc(CC)ccc12. The van der Waals surface area contributed by atoms with Crippen LogP contribution in [0.2, 0.25) is 0 Å². The van der Waals surface area contributed by atoms with E-state index < -0.39 is 0 Å². The van der Waals surface area contributed by atoms with Gasteiger partial charge >= 0.3 is 0 Å². The Bertz CT molecular complexity index is 1010. The normalized spacial score (nSPS) is 11.9. The molecule has 0 unspecified atom stereocenters.